The van der Waals surface area contributed by atoms with Gasteiger partial charge in [-0.1, -0.05) is 11.8 Å². The molecule has 3 heterocycles. The van der Waals surface area contributed by atoms with Crippen LogP contribution in [0.25, 0.3) is 11.0 Å². The molecule has 3 amide bonds. The van der Waals surface area contributed by atoms with Crippen LogP contribution in [0, 0.1) is 23.7 Å². The van der Waals surface area contributed by atoms with E-state index in [1.807, 2.05) is 39.0 Å². The molecule has 1 unspecified atom stereocenters. The molecule has 226 valence electrons. The topological polar surface area (TPSA) is 115 Å². The Morgan fingerprint density at radius 3 is 2.40 bits per heavy atom. The van der Waals surface area contributed by atoms with Crippen LogP contribution in [0.3, 0.4) is 0 Å². The molecule has 0 radical (unpaired) electrons. The number of hydrogen-bond donors (Lipinski definition) is 2. The Bertz CT molecular complexity index is 1460. The van der Waals surface area contributed by atoms with Gasteiger partial charge in [-0.25, -0.2) is 9.59 Å². The number of aromatic nitrogens is 2. The van der Waals surface area contributed by atoms with E-state index in [0.29, 0.717) is 23.8 Å². The Balaban J connectivity index is 1.12. The van der Waals surface area contributed by atoms with Crippen LogP contribution in [0.1, 0.15) is 83.7 Å². The van der Waals surface area contributed by atoms with E-state index >= 15 is 0 Å². The quantitative estimate of drug-likeness (QED) is 0.425. The molecule has 5 rings (SSSR count). The van der Waals surface area contributed by atoms with Crippen LogP contribution < -0.4 is 16.3 Å². The van der Waals surface area contributed by atoms with Crippen molar-refractivity contribution in [3.8, 4) is 11.8 Å². The van der Waals surface area contributed by atoms with E-state index in [-0.39, 0.29) is 30.2 Å². The summed E-state index contributed by atoms with van der Waals surface area (Å²) >= 11 is 0. The smallest absolute Gasteiger partial charge is 0.407 e. The molecule has 1 atom stereocenters. The second-order valence-corrected chi connectivity index (χ2v) is 13.1. The first kappa shape index (κ1) is 29.9. The standard InChI is InChI=1S/C32H43N5O5/c1-32(2,3)42-30(40)33-24-10-7-23(8-11-24)20-36-17-15-21(16-18-36)5-6-22-9-12-25-27(19-22)35(4)31(41)37(25)26-13-14-28(38)34-29(26)39/h9,12,19,21,23-24,26H,7-8,10-11,13-18,20H2,1-4H3,(H,33,40)(H,34,38,39). The highest BCUT2D eigenvalue weighted by atomic mass is 16.6. The predicted molar refractivity (Wildman–Crippen MR) is 160 cm³/mol. The van der Waals surface area contributed by atoms with Crippen LogP contribution in [-0.4, -0.2) is 63.2 Å². The number of piperidine rings is 2. The number of hydrogen-bond acceptors (Lipinski definition) is 6. The summed E-state index contributed by atoms with van der Waals surface area (Å²) in [5, 5.41) is 5.38. The first-order valence-electron chi connectivity index (χ1n) is 15.2. The number of aryl methyl sites for hydroxylation is 1. The third kappa shape index (κ3) is 7.06. The van der Waals surface area contributed by atoms with Crippen molar-refractivity contribution in [1.82, 2.24) is 24.7 Å². The van der Waals surface area contributed by atoms with Gasteiger partial charge in [0.05, 0.1) is 11.0 Å². The molecule has 42 heavy (non-hydrogen) atoms. The van der Waals surface area contributed by atoms with Gasteiger partial charge < -0.3 is 15.0 Å². The second kappa shape index (κ2) is 12.3. The highest BCUT2D eigenvalue weighted by Gasteiger charge is 2.31. The van der Waals surface area contributed by atoms with Gasteiger partial charge >= 0.3 is 11.8 Å². The summed E-state index contributed by atoms with van der Waals surface area (Å²) in [4.78, 5) is 51.6. The van der Waals surface area contributed by atoms with E-state index in [1.165, 1.54) is 4.57 Å². The summed E-state index contributed by atoms with van der Waals surface area (Å²) in [5.74, 6) is 7.05. The number of benzene rings is 1. The fraction of sp³-hybridized carbons (Fsp3) is 0.625. The Morgan fingerprint density at radius 2 is 1.74 bits per heavy atom. The number of fused-ring (bicyclic) bond motifs is 1. The van der Waals surface area contributed by atoms with E-state index in [0.717, 1.165) is 69.2 Å². The van der Waals surface area contributed by atoms with Crippen molar-refractivity contribution in [2.45, 2.75) is 89.8 Å². The molecular formula is C32H43N5O5. The van der Waals surface area contributed by atoms with Crippen molar-refractivity contribution in [2.24, 2.45) is 18.9 Å². The van der Waals surface area contributed by atoms with Gasteiger partial charge in [-0.05, 0) is 103 Å². The minimum atomic E-state index is -0.690. The minimum Gasteiger partial charge on any atom is -0.444 e. The largest absolute Gasteiger partial charge is 0.444 e. The SMILES string of the molecule is Cn1c(=O)n(C2CCC(=O)NC2=O)c2ccc(C#CC3CCN(CC4CCC(NC(=O)OC(C)(C)C)CC4)CC3)cc21. The zero-order valence-electron chi connectivity index (χ0n) is 25.2. The molecule has 0 spiro atoms. The number of imidazole rings is 1. The summed E-state index contributed by atoms with van der Waals surface area (Å²) in [6.07, 6.45) is 6.53. The number of nitrogens with zero attached hydrogens (tertiary/aromatic N) is 3. The summed E-state index contributed by atoms with van der Waals surface area (Å²) < 4.78 is 8.44. The zero-order chi connectivity index (χ0) is 30.0. The number of carbonyl (C=O) groups is 3. The van der Waals surface area contributed by atoms with Crippen molar-refractivity contribution >= 4 is 28.9 Å². The average Bonchev–Trinajstić information content (AvgIpc) is 3.17. The van der Waals surface area contributed by atoms with Crippen LogP contribution in [0.4, 0.5) is 4.79 Å². The van der Waals surface area contributed by atoms with Crippen LogP contribution in [0.2, 0.25) is 0 Å². The molecule has 2 N–H and O–H groups in total. The first-order valence-corrected chi connectivity index (χ1v) is 15.2. The van der Waals surface area contributed by atoms with E-state index in [9.17, 15) is 19.2 Å². The normalized spacial score (nSPS) is 24.1. The lowest BCUT2D eigenvalue weighted by atomic mass is 9.85. The molecule has 3 aliphatic rings. The van der Waals surface area contributed by atoms with Crippen molar-refractivity contribution < 1.29 is 19.1 Å². The maximum Gasteiger partial charge on any atom is 0.407 e. The lowest BCUT2D eigenvalue weighted by Crippen LogP contribution is -2.44. The Morgan fingerprint density at radius 1 is 1.02 bits per heavy atom. The van der Waals surface area contributed by atoms with Gasteiger partial charge in [0.1, 0.15) is 11.6 Å². The molecule has 2 aromatic rings. The molecule has 10 heteroatoms. The Labute approximate surface area is 247 Å². The predicted octanol–water partition coefficient (Wildman–Crippen LogP) is 3.46. The molecule has 1 aliphatic carbocycles. The number of alkyl carbamates (subject to hydrolysis) is 1. The minimum absolute atomic E-state index is 0.203. The summed E-state index contributed by atoms with van der Waals surface area (Å²) in [7, 11) is 1.70. The molecule has 2 saturated heterocycles. The first-order chi connectivity index (χ1) is 20.0. The zero-order valence-corrected chi connectivity index (χ0v) is 25.2. The Kier molecular flexibility index (Phi) is 8.78. The fourth-order valence-corrected chi connectivity index (χ4v) is 6.44. The van der Waals surface area contributed by atoms with E-state index in [2.05, 4.69) is 27.4 Å². The molecule has 10 nitrogen and oxygen atoms in total. The lowest BCUT2D eigenvalue weighted by molar-refractivity contribution is -0.135. The molecule has 1 aromatic heterocycles. The highest BCUT2D eigenvalue weighted by Crippen LogP contribution is 2.28. The third-order valence-electron chi connectivity index (χ3n) is 8.70. The number of likely N-dealkylation sites (tertiary alicyclic amines) is 1. The summed E-state index contributed by atoms with van der Waals surface area (Å²) in [6, 6.07) is 5.18. The Hall–Kier alpha value is -3.58. The van der Waals surface area contributed by atoms with Crippen LogP contribution >= 0.6 is 0 Å². The number of nitrogens with one attached hydrogen (secondary N) is 2. The molecule has 0 bridgehead atoms. The van der Waals surface area contributed by atoms with Gasteiger partial charge in [0.25, 0.3) is 0 Å². The van der Waals surface area contributed by atoms with E-state index < -0.39 is 17.6 Å². The number of rotatable bonds is 4. The maximum absolute atomic E-state index is 13.0. The van der Waals surface area contributed by atoms with Crippen molar-refractivity contribution in [3.05, 3.63) is 34.2 Å². The number of ether oxygens (including phenoxy) is 1. The second-order valence-electron chi connectivity index (χ2n) is 13.1. The summed E-state index contributed by atoms with van der Waals surface area (Å²) in [6.45, 7) is 8.83. The third-order valence-corrected chi connectivity index (χ3v) is 8.70. The van der Waals surface area contributed by atoms with Crippen LogP contribution in [-0.2, 0) is 21.4 Å². The van der Waals surface area contributed by atoms with Gasteiger partial charge in [0, 0.05) is 37.5 Å². The monoisotopic (exact) mass is 577 g/mol. The van der Waals surface area contributed by atoms with Gasteiger partial charge in [-0.3, -0.25) is 24.0 Å². The lowest BCUT2D eigenvalue weighted by Gasteiger charge is -2.36. The maximum atomic E-state index is 13.0. The van der Waals surface area contributed by atoms with Gasteiger partial charge in [-0.2, -0.15) is 0 Å². The number of amides is 3. The highest BCUT2D eigenvalue weighted by molar-refractivity contribution is 6.00. The molecule has 2 aliphatic heterocycles. The molecular weight excluding hydrogens is 534 g/mol. The van der Waals surface area contributed by atoms with Gasteiger partial charge in [0.15, 0.2) is 0 Å². The summed E-state index contributed by atoms with van der Waals surface area (Å²) in [5.41, 5.74) is 1.49. The molecule has 1 saturated carbocycles. The van der Waals surface area contributed by atoms with Gasteiger partial charge in [0.2, 0.25) is 11.8 Å². The number of imide groups is 1. The fourth-order valence-electron chi connectivity index (χ4n) is 6.44. The van der Waals surface area contributed by atoms with Crippen LogP contribution in [0.15, 0.2) is 23.0 Å². The molecule has 3 fully saturated rings. The van der Waals surface area contributed by atoms with Gasteiger partial charge in [-0.15, -0.1) is 0 Å². The number of carbonyl (C=O) groups excluding carboxylic acids is 3. The van der Waals surface area contributed by atoms with E-state index in [4.69, 9.17) is 4.74 Å². The van der Waals surface area contributed by atoms with Crippen molar-refractivity contribution in [2.75, 3.05) is 19.6 Å². The van der Waals surface area contributed by atoms with E-state index in [1.54, 1.807) is 11.6 Å². The van der Waals surface area contributed by atoms with Crippen molar-refractivity contribution in [3.63, 3.8) is 0 Å². The molecule has 1 aromatic carbocycles. The average molecular weight is 578 g/mol. The van der Waals surface area contributed by atoms with Crippen molar-refractivity contribution in [1.29, 1.82) is 0 Å². The van der Waals surface area contributed by atoms with Crippen LogP contribution in [0.5, 0.6) is 0 Å².